The van der Waals surface area contributed by atoms with Crippen LogP contribution in [0.15, 0.2) is 0 Å². The highest BCUT2D eigenvalue weighted by Gasteiger charge is 2.36. The molecular weight excluding hydrogens is 298 g/mol. The summed E-state index contributed by atoms with van der Waals surface area (Å²) in [4.78, 5) is 46.4. The third kappa shape index (κ3) is 4.40. The minimum Gasteiger partial charge on any atom is -0.480 e. The number of carbonyl (C=O) groups is 4. The molecule has 1 rings (SSSR count). The molecular formula is C12H19N3O7. The molecule has 1 fully saturated rings. The average molecular weight is 317 g/mol. The summed E-state index contributed by atoms with van der Waals surface area (Å²) in [7, 11) is 0. The lowest BCUT2D eigenvalue weighted by atomic mass is 10.1. The number of hydrogen-bond donors (Lipinski definition) is 5. The fourth-order valence-electron chi connectivity index (χ4n) is 2.07. The van der Waals surface area contributed by atoms with Crippen LogP contribution in [0.25, 0.3) is 0 Å². The normalized spacial score (nSPS) is 23.5. The molecule has 1 heterocycles. The molecule has 0 aromatic rings. The molecule has 3 amide bonds. The topological polar surface area (TPSA) is 156 Å². The number of rotatable bonds is 7. The van der Waals surface area contributed by atoms with Crippen molar-refractivity contribution in [1.29, 1.82) is 0 Å². The van der Waals surface area contributed by atoms with E-state index >= 15 is 0 Å². The van der Waals surface area contributed by atoms with Gasteiger partial charge in [0, 0.05) is 13.0 Å². The summed E-state index contributed by atoms with van der Waals surface area (Å²) in [5.74, 6) is -2.81. The standard InChI is InChI=1S/C12H19N3O7/c1-6(10(19)14-8(4-16)12(21)22)13-11(20)9-2-7(18)3-15(9)5-17/h5-9,16,18H,2-4H2,1H3,(H,13,20)(H,14,19)(H,21,22)/t6-,7+,8-,9-/m0/s1. The molecule has 0 unspecified atom stereocenters. The van der Waals surface area contributed by atoms with Gasteiger partial charge in [-0.2, -0.15) is 0 Å². The summed E-state index contributed by atoms with van der Waals surface area (Å²) < 4.78 is 0. The first-order valence-corrected chi connectivity index (χ1v) is 6.63. The zero-order chi connectivity index (χ0) is 16.9. The molecule has 0 saturated carbocycles. The Morgan fingerprint density at radius 1 is 1.36 bits per heavy atom. The third-order valence-corrected chi connectivity index (χ3v) is 3.30. The highest BCUT2D eigenvalue weighted by Crippen LogP contribution is 2.16. The molecule has 10 nitrogen and oxygen atoms in total. The number of hydrogen-bond acceptors (Lipinski definition) is 6. The van der Waals surface area contributed by atoms with Crippen LogP contribution in [-0.2, 0) is 19.2 Å². The first-order chi connectivity index (χ1) is 10.3. The van der Waals surface area contributed by atoms with Crippen LogP contribution >= 0.6 is 0 Å². The van der Waals surface area contributed by atoms with Gasteiger partial charge in [0.2, 0.25) is 18.2 Å². The van der Waals surface area contributed by atoms with E-state index in [1.807, 2.05) is 0 Å². The summed E-state index contributed by atoms with van der Waals surface area (Å²) in [6, 6.07) is -3.41. The minimum atomic E-state index is -1.47. The van der Waals surface area contributed by atoms with E-state index in [0.29, 0.717) is 6.41 Å². The van der Waals surface area contributed by atoms with Gasteiger partial charge in [0.15, 0.2) is 0 Å². The number of nitrogens with one attached hydrogen (secondary N) is 2. The maximum Gasteiger partial charge on any atom is 0.328 e. The van der Waals surface area contributed by atoms with Crippen molar-refractivity contribution in [2.75, 3.05) is 13.2 Å². The summed E-state index contributed by atoms with van der Waals surface area (Å²) in [5, 5.41) is 31.4. The highest BCUT2D eigenvalue weighted by atomic mass is 16.4. The molecule has 0 radical (unpaired) electrons. The lowest BCUT2D eigenvalue weighted by Gasteiger charge is -2.22. The first-order valence-electron chi connectivity index (χ1n) is 6.63. The number of nitrogens with zero attached hydrogens (tertiary/aromatic N) is 1. The van der Waals surface area contributed by atoms with E-state index in [1.54, 1.807) is 0 Å². The van der Waals surface area contributed by atoms with Crippen LogP contribution in [-0.4, -0.2) is 81.8 Å². The Kier molecular flexibility index (Phi) is 6.25. The van der Waals surface area contributed by atoms with Crippen LogP contribution in [0.2, 0.25) is 0 Å². The Morgan fingerprint density at radius 3 is 2.50 bits per heavy atom. The Morgan fingerprint density at radius 2 is 2.00 bits per heavy atom. The van der Waals surface area contributed by atoms with Gasteiger partial charge in [0.1, 0.15) is 18.1 Å². The van der Waals surface area contributed by atoms with E-state index in [1.165, 1.54) is 6.92 Å². The lowest BCUT2D eigenvalue weighted by Crippen LogP contribution is -2.54. The van der Waals surface area contributed by atoms with Gasteiger partial charge in [-0.25, -0.2) is 4.79 Å². The second-order valence-corrected chi connectivity index (χ2v) is 5.02. The monoisotopic (exact) mass is 317 g/mol. The van der Waals surface area contributed by atoms with Crippen LogP contribution in [0.4, 0.5) is 0 Å². The van der Waals surface area contributed by atoms with E-state index in [2.05, 4.69) is 10.6 Å². The molecule has 124 valence electrons. The number of aliphatic carboxylic acids is 1. The van der Waals surface area contributed by atoms with Gasteiger partial charge in [0.25, 0.3) is 0 Å². The molecule has 1 aliphatic heterocycles. The molecule has 4 atom stereocenters. The van der Waals surface area contributed by atoms with Crippen LogP contribution in [0.3, 0.4) is 0 Å². The van der Waals surface area contributed by atoms with E-state index < -0.39 is 48.6 Å². The molecule has 1 saturated heterocycles. The number of likely N-dealkylation sites (tertiary alicyclic amines) is 1. The van der Waals surface area contributed by atoms with Crippen molar-refractivity contribution in [1.82, 2.24) is 15.5 Å². The molecule has 10 heteroatoms. The molecule has 0 aromatic heterocycles. The smallest absolute Gasteiger partial charge is 0.328 e. The first kappa shape index (κ1) is 17.9. The summed E-state index contributed by atoms with van der Waals surface area (Å²) in [5.41, 5.74) is 0. The molecule has 0 aliphatic carbocycles. The SMILES string of the molecule is C[C@H](NC(=O)[C@@H]1C[C@@H](O)CN1C=O)C(=O)N[C@@H](CO)C(=O)O. The fraction of sp³-hybridized carbons (Fsp3) is 0.667. The van der Waals surface area contributed by atoms with Gasteiger partial charge in [0.05, 0.1) is 12.7 Å². The predicted octanol–water partition coefficient (Wildman–Crippen LogP) is -3.36. The summed E-state index contributed by atoms with van der Waals surface area (Å²) in [6.07, 6.45) is -0.305. The van der Waals surface area contributed by atoms with Crippen LogP contribution in [0.5, 0.6) is 0 Å². The van der Waals surface area contributed by atoms with Gasteiger partial charge >= 0.3 is 5.97 Å². The second kappa shape index (κ2) is 7.71. The van der Waals surface area contributed by atoms with Crippen LogP contribution in [0.1, 0.15) is 13.3 Å². The fourth-order valence-corrected chi connectivity index (χ4v) is 2.07. The number of β-amino-alcohol motifs (C(OH)–C–C–N with tert-alkyl or cyclic N) is 1. The molecule has 0 bridgehead atoms. The van der Waals surface area contributed by atoms with Crippen molar-refractivity contribution in [3.63, 3.8) is 0 Å². The number of carboxylic acid groups (broad SMARTS) is 1. The van der Waals surface area contributed by atoms with E-state index in [9.17, 15) is 24.3 Å². The Bertz CT molecular complexity index is 456. The quantitative estimate of drug-likeness (QED) is 0.307. The lowest BCUT2D eigenvalue weighted by molar-refractivity contribution is -0.143. The van der Waals surface area contributed by atoms with Crippen LogP contribution < -0.4 is 10.6 Å². The third-order valence-electron chi connectivity index (χ3n) is 3.30. The predicted molar refractivity (Wildman–Crippen MR) is 71.4 cm³/mol. The zero-order valence-electron chi connectivity index (χ0n) is 11.9. The van der Waals surface area contributed by atoms with Crippen molar-refractivity contribution in [2.45, 2.75) is 37.6 Å². The second-order valence-electron chi connectivity index (χ2n) is 5.02. The van der Waals surface area contributed by atoms with Gasteiger partial charge in [-0.3, -0.25) is 14.4 Å². The van der Waals surface area contributed by atoms with Crippen molar-refractivity contribution in [3.8, 4) is 0 Å². The van der Waals surface area contributed by atoms with Crippen molar-refractivity contribution in [3.05, 3.63) is 0 Å². The minimum absolute atomic E-state index is 0.0355. The molecule has 5 N–H and O–H groups in total. The van der Waals surface area contributed by atoms with Crippen LogP contribution in [0, 0.1) is 0 Å². The molecule has 1 aliphatic rings. The number of carboxylic acids is 1. The van der Waals surface area contributed by atoms with Crippen molar-refractivity contribution >= 4 is 24.2 Å². The number of aliphatic hydroxyl groups is 2. The van der Waals surface area contributed by atoms with E-state index in [0.717, 1.165) is 4.90 Å². The zero-order valence-corrected chi connectivity index (χ0v) is 11.9. The van der Waals surface area contributed by atoms with Gasteiger partial charge in [-0.1, -0.05) is 0 Å². The Balaban J connectivity index is 2.58. The molecule has 22 heavy (non-hydrogen) atoms. The maximum atomic E-state index is 12.0. The number of amides is 3. The summed E-state index contributed by atoms with van der Waals surface area (Å²) >= 11 is 0. The van der Waals surface area contributed by atoms with E-state index in [4.69, 9.17) is 10.2 Å². The van der Waals surface area contributed by atoms with E-state index in [-0.39, 0.29) is 13.0 Å². The Hall–Kier alpha value is -2.20. The largest absolute Gasteiger partial charge is 0.480 e. The number of aliphatic hydroxyl groups excluding tert-OH is 2. The maximum absolute atomic E-state index is 12.0. The number of carbonyl (C=O) groups excluding carboxylic acids is 3. The van der Waals surface area contributed by atoms with Gasteiger partial charge in [-0.15, -0.1) is 0 Å². The van der Waals surface area contributed by atoms with Gasteiger partial charge < -0.3 is 30.9 Å². The summed E-state index contributed by atoms with van der Waals surface area (Å²) in [6.45, 7) is 0.587. The van der Waals surface area contributed by atoms with Crippen molar-refractivity contribution < 1.29 is 34.5 Å². The molecule has 0 spiro atoms. The van der Waals surface area contributed by atoms with Crippen molar-refractivity contribution in [2.24, 2.45) is 0 Å². The highest BCUT2D eigenvalue weighted by molar-refractivity contribution is 5.92. The Labute approximate surface area is 126 Å². The molecule has 0 aromatic carbocycles. The van der Waals surface area contributed by atoms with Gasteiger partial charge in [-0.05, 0) is 6.92 Å². The average Bonchev–Trinajstić information content (AvgIpc) is 2.85.